The van der Waals surface area contributed by atoms with Crippen LogP contribution in [-0.4, -0.2) is 21.4 Å². The Balaban J connectivity index is 1.84. The van der Waals surface area contributed by atoms with Gasteiger partial charge in [-0.05, 0) is 24.3 Å². The number of carbonyl (C=O) groups is 2. The minimum Gasteiger partial charge on any atom is -0.354 e. The number of para-hydroxylation sites is 1. The van der Waals surface area contributed by atoms with Crippen molar-refractivity contribution in [2.45, 2.75) is 0 Å². The Hall–Kier alpha value is -3.67. The molecule has 2 aromatic carbocycles. The molecule has 0 aliphatic carbocycles. The minimum atomic E-state index is -0.492. The van der Waals surface area contributed by atoms with E-state index in [1.807, 2.05) is 42.1 Å². The number of aromatic nitrogens is 2. The van der Waals surface area contributed by atoms with Gasteiger partial charge in [-0.1, -0.05) is 24.3 Å². The lowest BCUT2D eigenvalue weighted by Crippen LogP contribution is -2.22. The Labute approximate surface area is 153 Å². The molecule has 0 spiro atoms. The summed E-state index contributed by atoms with van der Waals surface area (Å²) >= 11 is 0. The van der Waals surface area contributed by atoms with Crippen molar-refractivity contribution in [1.29, 1.82) is 0 Å². The van der Waals surface area contributed by atoms with Crippen molar-refractivity contribution in [3.05, 3.63) is 71.8 Å². The number of hydrogen-bond donors (Lipinski definition) is 2. The summed E-state index contributed by atoms with van der Waals surface area (Å²) in [5, 5.41) is 3.72. The molecule has 5 rings (SSSR count). The minimum absolute atomic E-state index is 0.226. The molecule has 0 radical (unpaired) electrons. The van der Waals surface area contributed by atoms with Gasteiger partial charge in [-0.15, -0.1) is 0 Å². The number of nitrogens with one attached hydrogen (secondary N) is 2. The van der Waals surface area contributed by atoms with E-state index in [4.69, 9.17) is 0 Å². The van der Waals surface area contributed by atoms with Crippen LogP contribution >= 0.6 is 0 Å². The summed E-state index contributed by atoms with van der Waals surface area (Å²) in [6.07, 6.45) is 1.90. The average Bonchev–Trinajstić information content (AvgIpc) is 3.31. The first-order valence-corrected chi connectivity index (χ1v) is 8.46. The highest BCUT2D eigenvalue weighted by atomic mass is 19.1. The lowest BCUT2D eigenvalue weighted by atomic mass is 9.97. The molecule has 1 aliphatic heterocycles. The Morgan fingerprint density at radius 2 is 1.74 bits per heavy atom. The number of benzene rings is 2. The number of halogens is 1. The van der Waals surface area contributed by atoms with Gasteiger partial charge in [-0.25, -0.2) is 4.39 Å². The molecule has 0 saturated carbocycles. The summed E-state index contributed by atoms with van der Waals surface area (Å²) in [6, 6.07) is 13.8. The Kier molecular flexibility index (Phi) is 3.12. The maximum absolute atomic E-state index is 14.1. The summed E-state index contributed by atoms with van der Waals surface area (Å²) in [4.78, 5) is 28.3. The van der Waals surface area contributed by atoms with E-state index in [2.05, 4.69) is 10.3 Å². The summed E-state index contributed by atoms with van der Waals surface area (Å²) in [5.74, 6) is -1.33. The molecule has 132 valence electrons. The van der Waals surface area contributed by atoms with Crippen LogP contribution < -0.4 is 5.32 Å². The van der Waals surface area contributed by atoms with Gasteiger partial charge in [0.1, 0.15) is 5.82 Å². The average molecular weight is 359 g/mol. The number of carbonyl (C=O) groups excluding carboxylic acids is 2. The second-order valence-electron chi connectivity index (χ2n) is 6.59. The molecule has 2 N–H and O–H groups in total. The van der Waals surface area contributed by atoms with Crippen LogP contribution in [0.2, 0.25) is 0 Å². The normalized spacial score (nSPS) is 14.6. The van der Waals surface area contributed by atoms with E-state index >= 15 is 0 Å². The predicted molar refractivity (Wildman–Crippen MR) is 101 cm³/mol. The van der Waals surface area contributed by atoms with Crippen LogP contribution in [0.4, 0.5) is 4.39 Å². The van der Waals surface area contributed by atoms with E-state index in [-0.39, 0.29) is 11.4 Å². The van der Waals surface area contributed by atoms with Gasteiger partial charge >= 0.3 is 0 Å². The SMILES string of the molecule is Cn1ccc2cccc(C3=C(c4cc5c(F)cccc5[nH]4)C(=O)NC3=O)c21. The third kappa shape index (κ3) is 2.16. The zero-order chi connectivity index (χ0) is 18.7. The third-order valence-electron chi connectivity index (χ3n) is 4.98. The molecule has 0 fully saturated rings. The fraction of sp³-hybridized carbons (Fsp3) is 0.0476. The largest absolute Gasteiger partial charge is 0.354 e. The summed E-state index contributed by atoms with van der Waals surface area (Å²) in [6.45, 7) is 0. The standard InChI is InChI=1S/C21H14FN3O2/c1-25-9-8-11-4-2-5-12(19(11)25)17-18(21(27)24-20(17)26)16-10-13-14(22)6-3-7-15(13)23-16/h2-10,23H,1H3,(H,24,26,27). The fourth-order valence-electron chi connectivity index (χ4n) is 3.78. The molecular formula is C21H14FN3O2. The maximum atomic E-state index is 14.1. The van der Waals surface area contributed by atoms with Crippen molar-refractivity contribution in [3.63, 3.8) is 0 Å². The number of H-pyrrole nitrogens is 1. The lowest BCUT2D eigenvalue weighted by molar-refractivity contribution is -0.122. The molecule has 0 atom stereocenters. The van der Waals surface area contributed by atoms with Crippen molar-refractivity contribution in [1.82, 2.24) is 14.9 Å². The summed E-state index contributed by atoms with van der Waals surface area (Å²) in [5.41, 5.74) is 3.03. The van der Waals surface area contributed by atoms with E-state index in [9.17, 15) is 14.0 Å². The number of rotatable bonds is 2. The summed E-state index contributed by atoms with van der Waals surface area (Å²) in [7, 11) is 1.89. The molecule has 5 nitrogen and oxygen atoms in total. The first-order valence-electron chi connectivity index (χ1n) is 8.46. The van der Waals surface area contributed by atoms with Crippen molar-refractivity contribution in [3.8, 4) is 0 Å². The van der Waals surface area contributed by atoms with E-state index in [0.29, 0.717) is 27.7 Å². The maximum Gasteiger partial charge on any atom is 0.261 e. The number of imide groups is 1. The van der Waals surface area contributed by atoms with Gasteiger partial charge in [0.2, 0.25) is 0 Å². The molecule has 1 aliphatic rings. The second kappa shape index (κ2) is 5.41. The molecule has 0 unspecified atom stereocenters. The number of nitrogens with zero attached hydrogens (tertiary/aromatic N) is 1. The van der Waals surface area contributed by atoms with Gasteiger partial charge in [-0.3, -0.25) is 14.9 Å². The van der Waals surface area contributed by atoms with Gasteiger partial charge in [0.25, 0.3) is 11.8 Å². The second-order valence-corrected chi connectivity index (χ2v) is 6.59. The molecule has 0 bridgehead atoms. The van der Waals surface area contributed by atoms with Crippen molar-refractivity contribution < 1.29 is 14.0 Å². The molecule has 2 aromatic heterocycles. The van der Waals surface area contributed by atoms with Crippen LogP contribution in [0, 0.1) is 5.82 Å². The van der Waals surface area contributed by atoms with Crippen molar-refractivity contribution >= 4 is 44.8 Å². The van der Waals surface area contributed by atoms with Gasteiger partial charge in [0.15, 0.2) is 0 Å². The highest BCUT2D eigenvalue weighted by Gasteiger charge is 2.34. The van der Waals surface area contributed by atoms with E-state index in [0.717, 1.165) is 10.9 Å². The zero-order valence-electron chi connectivity index (χ0n) is 14.3. The monoisotopic (exact) mass is 359 g/mol. The van der Waals surface area contributed by atoms with E-state index in [1.165, 1.54) is 6.07 Å². The van der Waals surface area contributed by atoms with Crippen LogP contribution in [0.1, 0.15) is 11.3 Å². The van der Waals surface area contributed by atoms with Gasteiger partial charge in [0, 0.05) is 35.1 Å². The topological polar surface area (TPSA) is 66.9 Å². The van der Waals surface area contributed by atoms with Gasteiger partial charge < -0.3 is 9.55 Å². The molecule has 3 heterocycles. The molecular weight excluding hydrogens is 345 g/mol. The molecule has 2 amide bonds. The zero-order valence-corrected chi connectivity index (χ0v) is 14.3. The number of hydrogen-bond acceptors (Lipinski definition) is 2. The lowest BCUT2D eigenvalue weighted by Gasteiger charge is -2.07. The van der Waals surface area contributed by atoms with Crippen LogP contribution in [0.15, 0.2) is 54.7 Å². The van der Waals surface area contributed by atoms with Crippen LogP contribution in [0.25, 0.3) is 33.0 Å². The Morgan fingerprint density at radius 3 is 2.56 bits per heavy atom. The molecule has 27 heavy (non-hydrogen) atoms. The van der Waals surface area contributed by atoms with E-state index < -0.39 is 11.8 Å². The Bertz CT molecular complexity index is 1310. The molecule has 4 aromatic rings. The van der Waals surface area contributed by atoms with Crippen molar-refractivity contribution in [2.75, 3.05) is 0 Å². The fourth-order valence-corrected chi connectivity index (χ4v) is 3.78. The highest BCUT2D eigenvalue weighted by molar-refractivity contribution is 6.49. The van der Waals surface area contributed by atoms with Crippen LogP contribution in [-0.2, 0) is 16.6 Å². The number of fused-ring (bicyclic) bond motifs is 2. The van der Waals surface area contributed by atoms with Gasteiger partial charge in [0.05, 0.1) is 22.4 Å². The molecule has 6 heteroatoms. The van der Waals surface area contributed by atoms with Crippen molar-refractivity contribution in [2.24, 2.45) is 7.05 Å². The first kappa shape index (κ1) is 15.6. The number of aryl methyl sites for hydroxylation is 1. The smallest absolute Gasteiger partial charge is 0.261 e. The Morgan fingerprint density at radius 1 is 0.963 bits per heavy atom. The molecule has 0 saturated heterocycles. The van der Waals surface area contributed by atoms with E-state index in [1.54, 1.807) is 18.2 Å². The third-order valence-corrected chi connectivity index (χ3v) is 4.98. The number of amides is 2. The number of aromatic amines is 1. The quantitative estimate of drug-likeness (QED) is 0.539. The highest BCUT2D eigenvalue weighted by Crippen LogP contribution is 2.36. The summed E-state index contributed by atoms with van der Waals surface area (Å²) < 4.78 is 16.0. The predicted octanol–water partition coefficient (Wildman–Crippen LogP) is 3.37. The van der Waals surface area contributed by atoms with Gasteiger partial charge in [-0.2, -0.15) is 0 Å². The first-order chi connectivity index (χ1) is 13.0. The van der Waals surface area contributed by atoms with Crippen LogP contribution in [0.5, 0.6) is 0 Å². The van der Waals surface area contributed by atoms with Crippen LogP contribution in [0.3, 0.4) is 0 Å².